The first-order chi connectivity index (χ1) is 12.1. The van der Waals surface area contributed by atoms with E-state index >= 15 is 0 Å². The molecular weight excluding hydrogens is 344 g/mol. The van der Waals surface area contributed by atoms with Crippen LogP contribution in [-0.2, 0) is 4.79 Å². The van der Waals surface area contributed by atoms with Gasteiger partial charge < -0.3 is 9.15 Å². The molecule has 0 saturated carbocycles. The number of amidine groups is 2. The van der Waals surface area contributed by atoms with Crippen molar-refractivity contribution in [3.8, 4) is 5.75 Å². The van der Waals surface area contributed by atoms with Gasteiger partial charge in [0.25, 0.3) is 5.91 Å². The van der Waals surface area contributed by atoms with Crippen molar-refractivity contribution in [2.45, 2.75) is 0 Å². The van der Waals surface area contributed by atoms with Crippen molar-refractivity contribution in [1.82, 2.24) is 5.01 Å². The molecule has 25 heavy (non-hydrogen) atoms. The van der Waals surface area contributed by atoms with Crippen molar-refractivity contribution >= 4 is 51.3 Å². The van der Waals surface area contributed by atoms with Gasteiger partial charge in [-0.15, -0.1) is 0 Å². The SMILES string of the molecule is COc1ccc2c(=O)c(C=C3C(=N)N4N=CSC4=NC3=O)coc2c1. The van der Waals surface area contributed by atoms with Gasteiger partial charge in [-0.2, -0.15) is 15.1 Å². The van der Waals surface area contributed by atoms with Gasteiger partial charge >= 0.3 is 0 Å². The molecule has 2 aromatic rings. The van der Waals surface area contributed by atoms with Gasteiger partial charge in [-0.25, -0.2) is 0 Å². The second kappa shape index (κ2) is 5.71. The number of rotatable bonds is 2. The van der Waals surface area contributed by atoms with Crippen LogP contribution >= 0.6 is 11.8 Å². The first-order valence-electron chi connectivity index (χ1n) is 7.11. The number of nitrogens with one attached hydrogen (secondary N) is 1. The summed E-state index contributed by atoms with van der Waals surface area (Å²) in [7, 11) is 1.52. The van der Waals surface area contributed by atoms with E-state index in [1.165, 1.54) is 30.0 Å². The summed E-state index contributed by atoms with van der Waals surface area (Å²) in [6.07, 6.45) is 2.55. The average molecular weight is 354 g/mol. The zero-order chi connectivity index (χ0) is 17.6. The molecule has 0 fully saturated rings. The lowest BCUT2D eigenvalue weighted by atomic mass is 10.1. The van der Waals surface area contributed by atoms with E-state index < -0.39 is 5.91 Å². The Hall–Kier alpha value is -3.20. The number of hydrogen-bond donors (Lipinski definition) is 1. The molecule has 8 nitrogen and oxygen atoms in total. The molecule has 2 aliphatic heterocycles. The van der Waals surface area contributed by atoms with Crippen molar-refractivity contribution in [2.24, 2.45) is 10.1 Å². The molecule has 0 saturated heterocycles. The zero-order valence-electron chi connectivity index (χ0n) is 12.8. The molecule has 0 bridgehead atoms. The molecule has 1 aromatic heterocycles. The topological polar surface area (TPSA) is 108 Å². The van der Waals surface area contributed by atoms with E-state index in [0.29, 0.717) is 21.9 Å². The van der Waals surface area contributed by atoms with E-state index in [4.69, 9.17) is 14.6 Å². The third-order valence-corrected chi connectivity index (χ3v) is 4.38. The van der Waals surface area contributed by atoms with Crippen LogP contribution < -0.4 is 10.2 Å². The quantitative estimate of drug-likeness (QED) is 0.827. The monoisotopic (exact) mass is 354 g/mol. The Labute approximate surface area is 145 Å². The van der Waals surface area contributed by atoms with Crippen LogP contribution in [0.15, 0.2) is 49.3 Å². The van der Waals surface area contributed by atoms with Gasteiger partial charge in [0.15, 0.2) is 16.4 Å². The van der Waals surface area contributed by atoms with E-state index in [1.807, 2.05) is 0 Å². The average Bonchev–Trinajstić information content (AvgIpc) is 3.08. The van der Waals surface area contributed by atoms with Crippen molar-refractivity contribution in [2.75, 3.05) is 7.11 Å². The van der Waals surface area contributed by atoms with Gasteiger partial charge in [-0.1, -0.05) is 0 Å². The van der Waals surface area contributed by atoms with Crippen LogP contribution in [0.2, 0.25) is 0 Å². The van der Waals surface area contributed by atoms with E-state index in [2.05, 4.69) is 10.1 Å². The van der Waals surface area contributed by atoms with Crippen LogP contribution in [0.1, 0.15) is 5.56 Å². The summed E-state index contributed by atoms with van der Waals surface area (Å²) in [5, 5.41) is 14.0. The third-order valence-electron chi connectivity index (χ3n) is 3.70. The third kappa shape index (κ3) is 2.45. The van der Waals surface area contributed by atoms with Crippen LogP contribution in [0, 0.1) is 5.41 Å². The highest BCUT2D eigenvalue weighted by Gasteiger charge is 2.32. The van der Waals surface area contributed by atoms with Crippen molar-refractivity contribution in [1.29, 1.82) is 5.41 Å². The molecule has 124 valence electrons. The predicted octanol–water partition coefficient (Wildman–Crippen LogP) is 2.05. The minimum Gasteiger partial charge on any atom is -0.497 e. The summed E-state index contributed by atoms with van der Waals surface area (Å²) < 4.78 is 10.6. The van der Waals surface area contributed by atoms with E-state index in [1.54, 1.807) is 18.2 Å². The number of thioether (sulfide) groups is 1. The van der Waals surface area contributed by atoms with E-state index in [0.717, 1.165) is 11.8 Å². The molecule has 2 aliphatic rings. The Morgan fingerprint density at radius 3 is 3.00 bits per heavy atom. The number of hydrazone groups is 1. The highest BCUT2D eigenvalue weighted by atomic mass is 32.2. The minimum atomic E-state index is -0.594. The van der Waals surface area contributed by atoms with Gasteiger partial charge in [0, 0.05) is 6.07 Å². The summed E-state index contributed by atoms with van der Waals surface area (Å²) in [5.74, 6) is -0.161. The van der Waals surface area contributed by atoms with Gasteiger partial charge in [0.2, 0.25) is 0 Å². The molecule has 0 unspecified atom stereocenters. The Morgan fingerprint density at radius 2 is 2.20 bits per heavy atom. The van der Waals surface area contributed by atoms with Crippen molar-refractivity contribution < 1.29 is 13.9 Å². The van der Waals surface area contributed by atoms with Gasteiger partial charge in [0.05, 0.1) is 29.2 Å². The number of aliphatic imine (C=N–C) groups is 1. The number of fused-ring (bicyclic) bond motifs is 2. The van der Waals surface area contributed by atoms with Crippen LogP contribution in [-0.4, -0.2) is 34.6 Å². The highest BCUT2D eigenvalue weighted by Crippen LogP contribution is 2.25. The van der Waals surface area contributed by atoms with Crippen molar-refractivity contribution in [3.63, 3.8) is 0 Å². The van der Waals surface area contributed by atoms with Crippen LogP contribution in [0.25, 0.3) is 17.0 Å². The largest absolute Gasteiger partial charge is 0.497 e. The lowest BCUT2D eigenvalue weighted by molar-refractivity contribution is -0.114. The van der Waals surface area contributed by atoms with Crippen LogP contribution in [0.4, 0.5) is 0 Å². The Balaban J connectivity index is 1.82. The summed E-state index contributed by atoms with van der Waals surface area (Å²) in [5.41, 5.74) is 1.67. The van der Waals surface area contributed by atoms with E-state index in [-0.39, 0.29) is 22.4 Å². The number of hydrogen-bond acceptors (Lipinski definition) is 7. The lowest BCUT2D eigenvalue weighted by Crippen LogP contribution is -2.35. The predicted molar refractivity (Wildman–Crippen MR) is 95.1 cm³/mol. The number of nitrogens with zero attached hydrogens (tertiary/aromatic N) is 3. The maximum Gasteiger partial charge on any atom is 0.283 e. The molecule has 3 heterocycles. The fourth-order valence-corrected chi connectivity index (χ4v) is 3.05. The fraction of sp³-hybridized carbons (Fsp3) is 0.0625. The minimum absolute atomic E-state index is 0.0245. The zero-order valence-corrected chi connectivity index (χ0v) is 13.7. The molecule has 0 aliphatic carbocycles. The number of ether oxygens (including phenoxy) is 1. The number of amides is 1. The standard InChI is InChI=1S/C16H10N4O4S/c1-23-9-2-3-10-12(5-9)24-6-8(13(10)21)4-11-14(17)20-16(19-15(11)22)25-7-18-20/h2-7,17H,1H3. The molecule has 0 spiro atoms. The number of carbonyl (C=O) groups is 1. The summed E-state index contributed by atoms with van der Waals surface area (Å²) in [4.78, 5) is 28.7. The first kappa shape index (κ1) is 15.3. The normalized spacial score (nSPS) is 18.0. The van der Waals surface area contributed by atoms with Gasteiger partial charge in [-0.05, 0) is 30.0 Å². The molecule has 1 aromatic carbocycles. The smallest absolute Gasteiger partial charge is 0.283 e. The summed E-state index contributed by atoms with van der Waals surface area (Å²) in [6, 6.07) is 4.85. The van der Waals surface area contributed by atoms with Gasteiger partial charge in [0.1, 0.15) is 17.6 Å². The summed E-state index contributed by atoms with van der Waals surface area (Å²) in [6.45, 7) is 0. The maximum absolute atomic E-state index is 12.6. The molecule has 9 heteroatoms. The molecule has 0 radical (unpaired) electrons. The van der Waals surface area contributed by atoms with Crippen LogP contribution in [0.3, 0.4) is 0 Å². The molecule has 1 amide bonds. The molecule has 0 atom stereocenters. The lowest BCUT2D eigenvalue weighted by Gasteiger charge is -2.20. The Morgan fingerprint density at radius 1 is 1.36 bits per heavy atom. The highest BCUT2D eigenvalue weighted by molar-refractivity contribution is 8.25. The summed E-state index contributed by atoms with van der Waals surface area (Å²) >= 11 is 1.15. The molecular formula is C16H10N4O4S. The number of benzene rings is 1. The Bertz CT molecular complexity index is 1080. The fourth-order valence-electron chi connectivity index (χ4n) is 2.44. The van der Waals surface area contributed by atoms with Crippen LogP contribution in [0.5, 0.6) is 5.75 Å². The second-order valence-corrected chi connectivity index (χ2v) is 5.95. The van der Waals surface area contributed by atoms with Gasteiger partial charge in [-0.3, -0.25) is 15.0 Å². The molecule has 4 rings (SSSR count). The Kier molecular flexibility index (Phi) is 3.50. The first-order valence-corrected chi connectivity index (χ1v) is 7.99. The van der Waals surface area contributed by atoms with E-state index in [9.17, 15) is 9.59 Å². The second-order valence-electron chi connectivity index (χ2n) is 5.14. The maximum atomic E-state index is 12.6. The number of methoxy groups -OCH3 is 1. The number of carbonyl (C=O) groups excluding carboxylic acids is 1. The molecule has 1 N–H and O–H groups in total. The van der Waals surface area contributed by atoms with Crippen molar-refractivity contribution in [3.05, 3.63) is 45.8 Å².